The summed E-state index contributed by atoms with van der Waals surface area (Å²) >= 11 is 0. The molecule has 0 radical (unpaired) electrons. The lowest BCUT2D eigenvalue weighted by Gasteiger charge is -2.29. The largest absolute Gasteiger partial charge is 0.421 e. The highest BCUT2D eigenvalue weighted by Crippen LogP contribution is 2.19. The smallest absolute Gasteiger partial charge is 0.186 e. The monoisotopic (exact) mass is 276 g/mol. The van der Waals surface area contributed by atoms with Gasteiger partial charge in [-0.15, -0.1) is 0 Å². The van der Waals surface area contributed by atoms with Crippen molar-refractivity contribution in [3.63, 3.8) is 0 Å². The van der Waals surface area contributed by atoms with Crippen molar-refractivity contribution in [3.8, 4) is 0 Å². The lowest BCUT2D eigenvalue weighted by Crippen LogP contribution is -2.41. The van der Waals surface area contributed by atoms with Gasteiger partial charge in [-0.3, -0.25) is 0 Å². The molecule has 0 aliphatic rings. The lowest BCUT2D eigenvalue weighted by atomic mass is 10.3. The van der Waals surface area contributed by atoms with E-state index < -0.39 is 16.4 Å². The van der Waals surface area contributed by atoms with Gasteiger partial charge in [-0.25, -0.2) is 0 Å². The standard InChI is InChI=1S/C12H32N2OSi2/c1-16(2,10-7-9-14)12-15-17(3,4)11-6-5-8-13/h5-14H2,1-4H3. The molecule has 104 valence electrons. The SMILES string of the molecule is C[Si](C)(CCCN)CO[Si](C)(C)CCCCN. The lowest BCUT2D eigenvalue weighted by molar-refractivity contribution is 0.363. The first kappa shape index (κ1) is 17.3. The van der Waals surface area contributed by atoms with Crippen LogP contribution in [0.15, 0.2) is 0 Å². The van der Waals surface area contributed by atoms with Gasteiger partial charge < -0.3 is 15.9 Å². The van der Waals surface area contributed by atoms with Gasteiger partial charge in [-0.1, -0.05) is 25.6 Å². The Labute approximate surface area is 109 Å². The second kappa shape index (κ2) is 8.42. The van der Waals surface area contributed by atoms with Gasteiger partial charge in [0, 0.05) is 6.23 Å². The molecule has 0 aromatic carbocycles. The van der Waals surface area contributed by atoms with Crippen LogP contribution in [0.2, 0.25) is 38.3 Å². The fraction of sp³-hybridized carbons (Fsp3) is 1.00. The summed E-state index contributed by atoms with van der Waals surface area (Å²) in [6, 6.07) is 2.53. The van der Waals surface area contributed by atoms with E-state index in [-0.39, 0.29) is 0 Å². The maximum absolute atomic E-state index is 6.26. The van der Waals surface area contributed by atoms with E-state index in [9.17, 15) is 0 Å². The Kier molecular flexibility index (Phi) is 8.58. The third-order valence-corrected chi connectivity index (χ3v) is 8.55. The Bertz CT molecular complexity index is 199. The first-order chi connectivity index (χ1) is 7.83. The fourth-order valence-corrected chi connectivity index (χ4v) is 7.49. The summed E-state index contributed by atoms with van der Waals surface area (Å²) in [5.74, 6) is 0. The molecule has 4 N–H and O–H groups in total. The van der Waals surface area contributed by atoms with Crippen molar-refractivity contribution >= 4 is 16.4 Å². The zero-order chi connectivity index (χ0) is 13.4. The molecule has 17 heavy (non-hydrogen) atoms. The Morgan fingerprint density at radius 2 is 1.41 bits per heavy atom. The van der Waals surface area contributed by atoms with E-state index in [1.807, 2.05) is 0 Å². The average Bonchev–Trinajstić information content (AvgIpc) is 2.25. The Balaban J connectivity index is 3.89. The molecule has 0 aliphatic heterocycles. The minimum Gasteiger partial charge on any atom is -0.421 e. The molecule has 0 aliphatic carbocycles. The third-order valence-electron chi connectivity index (χ3n) is 3.14. The summed E-state index contributed by atoms with van der Waals surface area (Å²) in [6.07, 6.45) is 4.51. The van der Waals surface area contributed by atoms with Crippen molar-refractivity contribution in [3.05, 3.63) is 0 Å². The van der Waals surface area contributed by atoms with Crippen LogP contribution in [-0.4, -0.2) is 35.7 Å². The summed E-state index contributed by atoms with van der Waals surface area (Å²) in [5.41, 5.74) is 11.1. The molecule has 0 spiro atoms. The van der Waals surface area contributed by atoms with Crippen LogP contribution in [0.4, 0.5) is 0 Å². The number of unbranched alkanes of at least 4 members (excludes halogenated alkanes) is 1. The molecule has 0 aromatic rings. The van der Waals surface area contributed by atoms with E-state index in [4.69, 9.17) is 15.9 Å². The first-order valence-corrected chi connectivity index (χ1v) is 13.4. The Morgan fingerprint density at radius 3 is 1.94 bits per heavy atom. The Morgan fingerprint density at radius 1 is 0.824 bits per heavy atom. The molecule has 0 unspecified atom stereocenters. The highest BCUT2D eigenvalue weighted by Gasteiger charge is 2.27. The van der Waals surface area contributed by atoms with Crippen molar-refractivity contribution in [1.82, 2.24) is 0 Å². The topological polar surface area (TPSA) is 61.3 Å². The third kappa shape index (κ3) is 9.97. The van der Waals surface area contributed by atoms with E-state index in [1.54, 1.807) is 0 Å². The van der Waals surface area contributed by atoms with Gasteiger partial charge in [0.25, 0.3) is 0 Å². The molecule has 0 saturated carbocycles. The first-order valence-electron chi connectivity index (χ1n) is 6.87. The maximum Gasteiger partial charge on any atom is 0.186 e. The van der Waals surface area contributed by atoms with Gasteiger partial charge in [0.2, 0.25) is 0 Å². The quantitative estimate of drug-likeness (QED) is 0.476. The molecule has 3 nitrogen and oxygen atoms in total. The number of nitrogens with two attached hydrogens (primary N) is 2. The molecule has 5 heteroatoms. The highest BCUT2D eigenvalue weighted by molar-refractivity contribution is 6.79. The maximum atomic E-state index is 6.26. The zero-order valence-corrected chi connectivity index (χ0v) is 14.2. The van der Waals surface area contributed by atoms with Gasteiger partial charge in [-0.2, -0.15) is 0 Å². The summed E-state index contributed by atoms with van der Waals surface area (Å²) in [4.78, 5) is 0. The van der Waals surface area contributed by atoms with Crippen molar-refractivity contribution in [2.24, 2.45) is 11.5 Å². The molecule has 0 rings (SSSR count). The minimum atomic E-state index is -1.44. The van der Waals surface area contributed by atoms with Gasteiger partial charge in [0.15, 0.2) is 8.32 Å². The van der Waals surface area contributed by atoms with Crippen LogP contribution >= 0.6 is 0 Å². The molecule has 0 fully saturated rings. The molecule has 0 bridgehead atoms. The summed E-state index contributed by atoms with van der Waals surface area (Å²) in [6.45, 7) is 11.1. The van der Waals surface area contributed by atoms with Crippen LogP contribution in [-0.2, 0) is 4.43 Å². The average molecular weight is 277 g/mol. The predicted molar refractivity (Wildman–Crippen MR) is 82.5 cm³/mol. The number of rotatable bonds is 10. The number of hydrogen-bond donors (Lipinski definition) is 2. The minimum absolute atomic E-state index is 0.807. The van der Waals surface area contributed by atoms with Gasteiger partial charge in [-0.05, 0) is 45.1 Å². The van der Waals surface area contributed by atoms with Crippen molar-refractivity contribution in [1.29, 1.82) is 0 Å². The van der Waals surface area contributed by atoms with Crippen LogP contribution < -0.4 is 11.5 Å². The molecule has 0 aromatic heterocycles. The van der Waals surface area contributed by atoms with E-state index in [0.717, 1.165) is 32.2 Å². The van der Waals surface area contributed by atoms with Gasteiger partial charge in [0.1, 0.15) is 0 Å². The molecule has 0 atom stereocenters. The normalized spacial score (nSPS) is 13.1. The van der Waals surface area contributed by atoms with E-state index in [2.05, 4.69) is 26.2 Å². The van der Waals surface area contributed by atoms with Crippen LogP contribution in [0.5, 0.6) is 0 Å². The summed E-state index contributed by atoms with van der Waals surface area (Å²) < 4.78 is 6.26. The van der Waals surface area contributed by atoms with Gasteiger partial charge in [0.05, 0.1) is 8.07 Å². The van der Waals surface area contributed by atoms with Crippen molar-refractivity contribution in [2.45, 2.75) is 57.5 Å². The van der Waals surface area contributed by atoms with Gasteiger partial charge >= 0.3 is 0 Å². The molecular weight excluding hydrogens is 244 g/mol. The van der Waals surface area contributed by atoms with E-state index >= 15 is 0 Å². The van der Waals surface area contributed by atoms with Crippen LogP contribution in [0.1, 0.15) is 19.3 Å². The van der Waals surface area contributed by atoms with Crippen LogP contribution in [0, 0.1) is 0 Å². The second-order valence-corrected chi connectivity index (χ2v) is 15.8. The van der Waals surface area contributed by atoms with Crippen molar-refractivity contribution < 1.29 is 4.43 Å². The van der Waals surface area contributed by atoms with E-state index in [1.165, 1.54) is 18.5 Å². The van der Waals surface area contributed by atoms with Crippen LogP contribution in [0.25, 0.3) is 0 Å². The zero-order valence-electron chi connectivity index (χ0n) is 12.2. The fourth-order valence-electron chi connectivity index (χ4n) is 1.81. The molecule has 0 heterocycles. The van der Waals surface area contributed by atoms with Crippen molar-refractivity contribution in [2.75, 3.05) is 19.3 Å². The predicted octanol–water partition coefficient (Wildman–Crippen LogP) is 2.54. The molecule has 0 amide bonds. The number of hydrogen-bond acceptors (Lipinski definition) is 3. The molecule has 0 saturated heterocycles. The highest BCUT2D eigenvalue weighted by atomic mass is 28.4. The Hall–Kier alpha value is 0.314. The summed E-state index contributed by atoms with van der Waals surface area (Å²) in [5, 5.41) is 0. The van der Waals surface area contributed by atoms with E-state index in [0.29, 0.717) is 0 Å². The summed E-state index contributed by atoms with van der Waals surface area (Å²) in [7, 11) is -2.62. The molecular formula is C12H32N2OSi2. The van der Waals surface area contributed by atoms with Crippen LogP contribution in [0.3, 0.4) is 0 Å². The second-order valence-electron chi connectivity index (χ2n) is 6.35.